The lowest BCUT2D eigenvalue weighted by Gasteiger charge is -2.37. The molecule has 1 heteroatoms. The van der Waals surface area contributed by atoms with Crippen LogP contribution in [0.15, 0.2) is 0 Å². The lowest BCUT2D eigenvalue weighted by Crippen LogP contribution is -2.29. The van der Waals surface area contributed by atoms with Gasteiger partial charge in [0.05, 0.1) is 6.10 Å². The van der Waals surface area contributed by atoms with Crippen LogP contribution in [0.5, 0.6) is 0 Å². The molecule has 0 saturated heterocycles. The van der Waals surface area contributed by atoms with Crippen molar-refractivity contribution in [2.24, 2.45) is 11.8 Å². The zero-order valence-corrected chi connectivity index (χ0v) is 7.13. The van der Waals surface area contributed by atoms with Gasteiger partial charge in [0.2, 0.25) is 0 Å². The number of hydrogen-bond acceptors (Lipinski definition) is 1. The number of hydrogen-bond donors (Lipinski definition) is 1. The molecule has 2 aliphatic carbocycles. The minimum Gasteiger partial charge on any atom is -0.393 e. The van der Waals surface area contributed by atoms with Crippen LogP contribution < -0.4 is 0 Å². The van der Waals surface area contributed by atoms with E-state index in [0.717, 1.165) is 24.7 Å². The first-order chi connectivity index (χ1) is 5.36. The van der Waals surface area contributed by atoms with Crippen LogP contribution in [-0.4, -0.2) is 11.2 Å². The third-order valence-corrected chi connectivity index (χ3v) is 3.51. The molecule has 0 spiro atoms. The Morgan fingerprint density at radius 2 is 1.55 bits per heavy atom. The fourth-order valence-corrected chi connectivity index (χ4v) is 2.85. The highest BCUT2D eigenvalue weighted by atomic mass is 16.3. The standard InChI is InChI=1S/C10H18O/c11-10-6-5-8-3-1-2-4-9(8)7-10/h8-11H,1-7H2/t8-,9+,10-/m1/s1. The average Bonchev–Trinajstić information content (AvgIpc) is 2.04. The minimum absolute atomic E-state index is 0.0364. The SMILES string of the molecule is O[C@@H]1CC[C@H]2CCCC[C@H]2C1. The summed E-state index contributed by atoms with van der Waals surface area (Å²) >= 11 is 0. The first-order valence-electron chi connectivity index (χ1n) is 5.04. The fourth-order valence-electron chi connectivity index (χ4n) is 2.85. The van der Waals surface area contributed by atoms with Crippen molar-refractivity contribution in [3.05, 3.63) is 0 Å². The first-order valence-corrected chi connectivity index (χ1v) is 5.04. The number of aliphatic hydroxyl groups excluding tert-OH is 1. The summed E-state index contributed by atoms with van der Waals surface area (Å²) in [7, 11) is 0. The zero-order valence-electron chi connectivity index (χ0n) is 7.13. The van der Waals surface area contributed by atoms with E-state index in [1.807, 2.05) is 0 Å². The van der Waals surface area contributed by atoms with Crippen molar-refractivity contribution in [3.63, 3.8) is 0 Å². The molecule has 0 aliphatic heterocycles. The molecule has 2 saturated carbocycles. The minimum atomic E-state index is 0.0364. The first kappa shape index (κ1) is 7.60. The van der Waals surface area contributed by atoms with Crippen LogP contribution in [0.25, 0.3) is 0 Å². The fraction of sp³-hybridized carbons (Fsp3) is 1.00. The molecule has 0 aromatic rings. The Labute approximate surface area is 68.8 Å². The van der Waals surface area contributed by atoms with E-state index in [1.54, 1.807) is 0 Å². The van der Waals surface area contributed by atoms with Gasteiger partial charge in [0.25, 0.3) is 0 Å². The molecule has 3 atom stereocenters. The van der Waals surface area contributed by atoms with Crippen LogP contribution in [0.4, 0.5) is 0 Å². The van der Waals surface area contributed by atoms with Crippen LogP contribution >= 0.6 is 0 Å². The van der Waals surface area contributed by atoms with Crippen molar-refractivity contribution in [1.29, 1.82) is 0 Å². The summed E-state index contributed by atoms with van der Waals surface area (Å²) in [6.45, 7) is 0. The average molecular weight is 154 g/mol. The summed E-state index contributed by atoms with van der Waals surface area (Å²) in [5.41, 5.74) is 0. The van der Waals surface area contributed by atoms with Crippen molar-refractivity contribution in [1.82, 2.24) is 0 Å². The van der Waals surface area contributed by atoms with Gasteiger partial charge < -0.3 is 5.11 Å². The van der Waals surface area contributed by atoms with Gasteiger partial charge in [0.1, 0.15) is 0 Å². The maximum Gasteiger partial charge on any atom is 0.0543 e. The molecule has 2 fully saturated rings. The van der Waals surface area contributed by atoms with Crippen LogP contribution in [-0.2, 0) is 0 Å². The predicted molar refractivity (Wildman–Crippen MR) is 45.3 cm³/mol. The van der Waals surface area contributed by atoms with Crippen LogP contribution in [0.2, 0.25) is 0 Å². The summed E-state index contributed by atoms with van der Waals surface area (Å²) in [5.74, 6) is 1.86. The highest BCUT2D eigenvalue weighted by molar-refractivity contribution is 4.82. The molecule has 0 radical (unpaired) electrons. The Bertz CT molecular complexity index is 133. The molecule has 0 amide bonds. The van der Waals surface area contributed by atoms with E-state index in [1.165, 1.54) is 32.1 Å². The molecule has 0 aromatic carbocycles. The van der Waals surface area contributed by atoms with Gasteiger partial charge in [-0.3, -0.25) is 0 Å². The molecule has 0 aromatic heterocycles. The monoisotopic (exact) mass is 154 g/mol. The third kappa shape index (κ3) is 1.58. The third-order valence-electron chi connectivity index (χ3n) is 3.51. The van der Waals surface area contributed by atoms with E-state index in [9.17, 15) is 5.11 Å². The number of rotatable bonds is 0. The molecule has 2 rings (SSSR count). The Balaban J connectivity index is 1.93. The Morgan fingerprint density at radius 1 is 0.818 bits per heavy atom. The topological polar surface area (TPSA) is 20.2 Å². The maximum absolute atomic E-state index is 9.45. The van der Waals surface area contributed by atoms with E-state index in [-0.39, 0.29) is 6.10 Å². The molecule has 2 aliphatic rings. The summed E-state index contributed by atoms with van der Waals surface area (Å²) in [6.07, 6.45) is 9.19. The molecular weight excluding hydrogens is 136 g/mol. The summed E-state index contributed by atoms with van der Waals surface area (Å²) in [5, 5.41) is 9.45. The molecule has 11 heavy (non-hydrogen) atoms. The van der Waals surface area contributed by atoms with E-state index >= 15 is 0 Å². The van der Waals surface area contributed by atoms with E-state index in [2.05, 4.69) is 0 Å². The highest BCUT2D eigenvalue weighted by Crippen LogP contribution is 2.40. The van der Waals surface area contributed by atoms with E-state index in [0.29, 0.717) is 0 Å². The van der Waals surface area contributed by atoms with Gasteiger partial charge in [-0.2, -0.15) is 0 Å². The smallest absolute Gasteiger partial charge is 0.0543 e. The maximum atomic E-state index is 9.45. The largest absolute Gasteiger partial charge is 0.393 e. The quantitative estimate of drug-likeness (QED) is 0.568. The van der Waals surface area contributed by atoms with Gasteiger partial charge in [-0.1, -0.05) is 25.7 Å². The predicted octanol–water partition coefficient (Wildman–Crippen LogP) is 2.34. The molecule has 64 valence electrons. The number of fused-ring (bicyclic) bond motifs is 1. The van der Waals surface area contributed by atoms with Crippen LogP contribution in [0.1, 0.15) is 44.9 Å². The number of aliphatic hydroxyl groups is 1. The Hall–Kier alpha value is -0.0400. The summed E-state index contributed by atoms with van der Waals surface area (Å²) < 4.78 is 0. The molecule has 0 heterocycles. The second-order valence-corrected chi connectivity index (χ2v) is 4.27. The van der Waals surface area contributed by atoms with Gasteiger partial charge in [-0.25, -0.2) is 0 Å². The lowest BCUT2D eigenvalue weighted by atomic mass is 9.70. The van der Waals surface area contributed by atoms with E-state index < -0.39 is 0 Å². The van der Waals surface area contributed by atoms with Crippen molar-refractivity contribution in [3.8, 4) is 0 Å². The van der Waals surface area contributed by atoms with Crippen molar-refractivity contribution in [2.75, 3.05) is 0 Å². The normalized spacial score (nSPS) is 45.0. The molecular formula is C10H18O. The second-order valence-electron chi connectivity index (χ2n) is 4.27. The molecule has 1 N–H and O–H groups in total. The Morgan fingerprint density at radius 3 is 2.36 bits per heavy atom. The van der Waals surface area contributed by atoms with Crippen LogP contribution in [0.3, 0.4) is 0 Å². The van der Waals surface area contributed by atoms with Gasteiger partial charge in [-0.05, 0) is 31.1 Å². The molecule has 0 bridgehead atoms. The molecule has 0 unspecified atom stereocenters. The van der Waals surface area contributed by atoms with Gasteiger partial charge in [-0.15, -0.1) is 0 Å². The van der Waals surface area contributed by atoms with Crippen LogP contribution in [0, 0.1) is 11.8 Å². The van der Waals surface area contributed by atoms with Gasteiger partial charge in [0, 0.05) is 0 Å². The van der Waals surface area contributed by atoms with E-state index in [4.69, 9.17) is 0 Å². The van der Waals surface area contributed by atoms with Gasteiger partial charge >= 0.3 is 0 Å². The lowest BCUT2D eigenvalue weighted by molar-refractivity contribution is 0.0491. The van der Waals surface area contributed by atoms with Crippen molar-refractivity contribution >= 4 is 0 Å². The second kappa shape index (κ2) is 3.14. The Kier molecular flexibility index (Phi) is 2.17. The summed E-state index contributed by atoms with van der Waals surface area (Å²) in [6, 6.07) is 0. The van der Waals surface area contributed by atoms with Crippen molar-refractivity contribution < 1.29 is 5.11 Å². The van der Waals surface area contributed by atoms with Crippen molar-refractivity contribution in [2.45, 2.75) is 51.0 Å². The zero-order chi connectivity index (χ0) is 7.68. The molecule has 1 nitrogen and oxygen atoms in total. The summed E-state index contributed by atoms with van der Waals surface area (Å²) in [4.78, 5) is 0. The van der Waals surface area contributed by atoms with Gasteiger partial charge in [0.15, 0.2) is 0 Å². The highest BCUT2D eigenvalue weighted by Gasteiger charge is 2.30.